The van der Waals surface area contributed by atoms with Crippen LogP contribution in [-0.4, -0.2) is 26.3 Å². The van der Waals surface area contributed by atoms with Crippen molar-refractivity contribution in [3.63, 3.8) is 0 Å². The summed E-state index contributed by atoms with van der Waals surface area (Å²) in [5.41, 5.74) is 1.40. The van der Waals surface area contributed by atoms with E-state index in [-0.39, 0.29) is 0 Å². The van der Waals surface area contributed by atoms with Gasteiger partial charge in [0.2, 0.25) is 0 Å². The summed E-state index contributed by atoms with van der Waals surface area (Å²) in [5.74, 6) is 0.716. The molecule has 2 heteroatoms. The molecule has 0 fully saturated rings. The van der Waals surface area contributed by atoms with E-state index < -0.39 is 0 Å². The van der Waals surface area contributed by atoms with Crippen LogP contribution in [0.25, 0.3) is 0 Å². The van der Waals surface area contributed by atoms with Crippen molar-refractivity contribution in [3.8, 4) is 0 Å². The molecular formula is C15H25NO. The van der Waals surface area contributed by atoms with Crippen molar-refractivity contribution in [1.29, 1.82) is 0 Å². The topological polar surface area (TPSA) is 21.3 Å². The smallest absolute Gasteiger partial charge is 0.0590 e. The first-order valence-electron chi connectivity index (χ1n) is 6.61. The molecule has 0 atom stereocenters. The Hall–Kier alpha value is -0.860. The zero-order chi connectivity index (χ0) is 12.3. The largest absolute Gasteiger partial charge is 0.380 e. The van der Waals surface area contributed by atoms with Crippen molar-refractivity contribution in [2.24, 2.45) is 5.92 Å². The molecule has 0 amide bonds. The number of aryl methyl sites for hydroxylation is 1. The summed E-state index contributed by atoms with van der Waals surface area (Å²) in [6.07, 6.45) is 2.22. The lowest BCUT2D eigenvalue weighted by atomic mass is 10.1. The maximum absolute atomic E-state index is 5.57. The van der Waals surface area contributed by atoms with E-state index in [1.54, 1.807) is 0 Å². The third kappa shape index (κ3) is 7.94. The minimum Gasteiger partial charge on any atom is -0.380 e. The number of hydrogen-bond donors (Lipinski definition) is 1. The van der Waals surface area contributed by atoms with Gasteiger partial charge < -0.3 is 10.1 Å². The first-order chi connectivity index (χ1) is 8.29. The van der Waals surface area contributed by atoms with E-state index in [9.17, 15) is 0 Å². The molecule has 0 aliphatic heterocycles. The van der Waals surface area contributed by atoms with Crippen LogP contribution in [0, 0.1) is 5.92 Å². The van der Waals surface area contributed by atoms with Crippen molar-refractivity contribution >= 4 is 0 Å². The van der Waals surface area contributed by atoms with Gasteiger partial charge in [0.25, 0.3) is 0 Å². The van der Waals surface area contributed by atoms with Crippen molar-refractivity contribution in [3.05, 3.63) is 35.9 Å². The SMILES string of the molecule is CC(C)CNCCOCCCc1ccccc1. The van der Waals surface area contributed by atoms with Crippen LogP contribution in [0.1, 0.15) is 25.8 Å². The van der Waals surface area contributed by atoms with Crippen molar-refractivity contribution in [2.75, 3.05) is 26.3 Å². The van der Waals surface area contributed by atoms with Gasteiger partial charge in [-0.1, -0.05) is 44.2 Å². The van der Waals surface area contributed by atoms with Gasteiger partial charge in [-0.15, -0.1) is 0 Å². The summed E-state index contributed by atoms with van der Waals surface area (Å²) < 4.78 is 5.57. The predicted octanol–water partition coefficient (Wildman–Crippen LogP) is 2.88. The number of nitrogens with one attached hydrogen (secondary N) is 1. The average Bonchev–Trinajstić information content (AvgIpc) is 2.33. The molecule has 1 aromatic rings. The molecule has 0 bridgehead atoms. The van der Waals surface area contributed by atoms with E-state index in [2.05, 4.69) is 49.5 Å². The molecular weight excluding hydrogens is 210 g/mol. The minimum atomic E-state index is 0.716. The van der Waals surface area contributed by atoms with Crippen LogP contribution in [0.3, 0.4) is 0 Å². The fourth-order valence-electron chi connectivity index (χ4n) is 1.66. The molecule has 0 saturated carbocycles. The molecule has 17 heavy (non-hydrogen) atoms. The number of rotatable bonds is 9. The summed E-state index contributed by atoms with van der Waals surface area (Å²) in [5, 5.41) is 3.37. The Balaban J connectivity index is 1.88. The lowest BCUT2D eigenvalue weighted by Crippen LogP contribution is -2.24. The lowest BCUT2D eigenvalue weighted by molar-refractivity contribution is 0.133. The van der Waals surface area contributed by atoms with Gasteiger partial charge in [-0.25, -0.2) is 0 Å². The fraction of sp³-hybridized carbons (Fsp3) is 0.600. The predicted molar refractivity (Wildman–Crippen MR) is 73.3 cm³/mol. The van der Waals surface area contributed by atoms with Crippen LogP contribution < -0.4 is 5.32 Å². The Bertz CT molecular complexity index is 272. The number of ether oxygens (including phenoxy) is 1. The van der Waals surface area contributed by atoms with Crippen molar-refractivity contribution in [1.82, 2.24) is 5.32 Å². The van der Waals surface area contributed by atoms with Gasteiger partial charge >= 0.3 is 0 Å². The molecule has 1 N–H and O–H groups in total. The zero-order valence-corrected chi connectivity index (χ0v) is 11.1. The monoisotopic (exact) mass is 235 g/mol. The Morgan fingerprint density at radius 1 is 1.12 bits per heavy atom. The summed E-state index contributed by atoms with van der Waals surface area (Å²) in [6, 6.07) is 10.6. The normalized spacial score (nSPS) is 11.0. The Kier molecular flexibility index (Phi) is 7.69. The first kappa shape index (κ1) is 14.2. The second kappa shape index (κ2) is 9.20. The molecule has 0 saturated heterocycles. The molecule has 0 unspecified atom stereocenters. The second-order valence-corrected chi connectivity index (χ2v) is 4.80. The van der Waals surface area contributed by atoms with E-state index in [0.29, 0.717) is 5.92 Å². The minimum absolute atomic E-state index is 0.716. The van der Waals surface area contributed by atoms with Gasteiger partial charge in [-0.2, -0.15) is 0 Å². The van der Waals surface area contributed by atoms with Crippen LogP contribution in [-0.2, 0) is 11.2 Å². The Morgan fingerprint density at radius 3 is 2.59 bits per heavy atom. The van der Waals surface area contributed by atoms with Gasteiger partial charge in [-0.05, 0) is 30.9 Å². The van der Waals surface area contributed by atoms with Gasteiger partial charge in [0, 0.05) is 13.2 Å². The molecule has 2 nitrogen and oxygen atoms in total. The van der Waals surface area contributed by atoms with Crippen molar-refractivity contribution in [2.45, 2.75) is 26.7 Å². The quantitative estimate of drug-likeness (QED) is 0.665. The summed E-state index contributed by atoms with van der Waals surface area (Å²) in [6.45, 7) is 8.15. The molecule has 96 valence electrons. The molecule has 1 rings (SSSR count). The molecule has 0 aliphatic carbocycles. The maximum atomic E-state index is 5.57. The molecule has 0 aromatic heterocycles. The third-order valence-corrected chi connectivity index (χ3v) is 2.57. The number of benzene rings is 1. The van der Waals surface area contributed by atoms with Gasteiger partial charge in [0.1, 0.15) is 0 Å². The highest BCUT2D eigenvalue weighted by Crippen LogP contribution is 2.02. The standard InChI is InChI=1S/C15H25NO/c1-14(2)13-16-10-12-17-11-6-9-15-7-4-3-5-8-15/h3-5,7-8,14,16H,6,9-13H2,1-2H3. The molecule has 0 radical (unpaired) electrons. The Labute approximate surface area is 105 Å². The van der Waals surface area contributed by atoms with E-state index in [1.165, 1.54) is 5.56 Å². The third-order valence-electron chi connectivity index (χ3n) is 2.57. The van der Waals surface area contributed by atoms with Crippen molar-refractivity contribution < 1.29 is 4.74 Å². The van der Waals surface area contributed by atoms with Crippen LogP contribution in [0.2, 0.25) is 0 Å². The fourth-order valence-corrected chi connectivity index (χ4v) is 1.66. The van der Waals surface area contributed by atoms with E-state index >= 15 is 0 Å². The van der Waals surface area contributed by atoms with E-state index in [0.717, 1.165) is 39.1 Å². The maximum Gasteiger partial charge on any atom is 0.0590 e. The Morgan fingerprint density at radius 2 is 1.88 bits per heavy atom. The molecule has 0 heterocycles. The average molecular weight is 235 g/mol. The van der Waals surface area contributed by atoms with Crippen LogP contribution in [0.15, 0.2) is 30.3 Å². The molecule has 0 spiro atoms. The highest BCUT2D eigenvalue weighted by atomic mass is 16.5. The van der Waals surface area contributed by atoms with Gasteiger partial charge in [0.15, 0.2) is 0 Å². The lowest BCUT2D eigenvalue weighted by Gasteiger charge is -2.08. The highest BCUT2D eigenvalue weighted by Gasteiger charge is 1.94. The summed E-state index contributed by atoms with van der Waals surface area (Å²) in [7, 11) is 0. The zero-order valence-electron chi connectivity index (χ0n) is 11.1. The van der Waals surface area contributed by atoms with Gasteiger partial charge in [0.05, 0.1) is 6.61 Å². The van der Waals surface area contributed by atoms with Crippen LogP contribution in [0.4, 0.5) is 0 Å². The highest BCUT2D eigenvalue weighted by molar-refractivity contribution is 5.14. The van der Waals surface area contributed by atoms with E-state index in [4.69, 9.17) is 4.74 Å². The molecule has 1 aromatic carbocycles. The first-order valence-corrected chi connectivity index (χ1v) is 6.61. The number of hydrogen-bond acceptors (Lipinski definition) is 2. The van der Waals surface area contributed by atoms with Crippen LogP contribution in [0.5, 0.6) is 0 Å². The second-order valence-electron chi connectivity index (χ2n) is 4.80. The summed E-state index contributed by atoms with van der Waals surface area (Å²) in [4.78, 5) is 0. The molecule has 0 aliphatic rings. The van der Waals surface area contributed by atoms with E-state index in [1.807, 2.05) is 0 Å². The van der Waals surface area contributed by atoms with Crippen LogP contribution >= 0.6 is 0 Å². The van der Waals surface area contributed by atoms with Gasteiger partial charge in [-0.3, -0.25) is 0 Å². The summed E-state index contributed by atoms with van der Waals surface area (Å²) >= 11 is 0.